The average Bonchev–Trinajstić information content (AvgIpc) is 2.25. The number of H-pyrrole nitrogens is 1. The van der Waals surface area contributed by atoms with Crippen molar-refractivity contribution >= 4 is 28.1 Å². The number of halogens is 2. The zero-order valence-electron chi connectivity index (χ0n) is 9.34. The van der Waals surface area contributed by atoms with Gasteiger partial charge in [-0.15, -0.1) is 0 Å². The van der Waals surface area contributed by atoms with E-state index in [2.05, 4.69) is 25.9 Å². The molecule has 0 aliphatic carbocycles. The first-order valence-electron chi connectivity index (χ1n) is 5.02. The van der Waals surface area contributed by atoms with Crippen molar-refractivity contribution in [1.82, 2.24) is 9.97 Å². The Kier molecular flexibility index (Phi) is 3.40. The Hall–Kier alpha value is -1.07. The zero-order chi connectivity index (χ0) is 12.6. The highest BCUT2D eigenvalue weighted by Crippen LogP contribution is 2.23. The van der Waals surface area contributed by atoms with Crippen LogP contribution in [0.25, 0.3) is 11.4 Å². The summed E-state index contributed by atoms with van der Waals surface area (Å²) in [7, 11) is 0. The fraction of sp³-hybridized carbons (Fsp3) is 0.167. The number of aromatic nitrogens is 2. The van der Waals surface area contributed by atoms with Crippen LogP contribution in [0.3, 0.4) is 0 Å². The fourth-order valence-electron chi connectivity index (χ4n) is 1.59. The van der Waals surface area contributed by atoms with Crippen LogP contribution < -0.4 is 0 Å². The van der Waals surface area contributed by atoms with E-state index >= 15 is 0 Å². The third-order valence-electron chi connectivity index (χ3n) is 2.48. The van der Waals surface area contributed by atoms with Gasteiger partial charge in [-0.25, -0.2) is 9.37 Å². The largest absolute Gasteiger partial charge is 0.342 e. The van der Waals surface area contributed by atoms with Crippen LogP contribution in [0.4, 0.5) is 4.39 Å². The van der Waals surface area contributed by atoms with Crippen molar-refractivity contribution < 1.29 is 4.39 Å². The third kappa shape index (κ3) is 2.45. The molecule has 1 heterocycles. The second-order valence-corrected chi connectivity index (χ2v) is 4.97. The van der Waals surface area contributed by atoms with E-state index in [0.29, 0.717) is 10.5 Å². The van der Waals surface area contributed by atoms with Gasteiger partial charge in [0.25, 0.3) is 0 Å². The summed E-state index contributed by atoms with van der Waals surface area (Å²) in [5.41, 5.74) is 2.58. The maximum atomic E-state index is 13.0. The molecule has 2 rings (SSSR count). The molecule has 0 saturated heterocycles. The fourth-order valence-corrected chi connectivity index (χ4v) is 2.02. The average molecular weight is 313 g/mol. The number of aromatic amines is 1. The third-order valence-corrected chi connectivity index (χ3v) is 4.01. The molecule has 1 N–H and O–H groups in total. The maximum absolute atomic E-state index is 13.0. The predicted octanol–water partition coefficient (Wildman–Crippen LogP) is 4.32. The van der Waals surface area contributed by atoms with Crippen LogP contribution in [0.1, 0.15) is 11.3 Å². The Bertz CT molecular complexity index is 637. The Morgan fingerprint density at radius 3 is 2.65 bits per heavy atom. The van der Waals surface area contributed by atoms with Crippen molar-refractivity contribution in [3.63, 3.8) is 0 Å². The van der Waals surface area contributed by atoms with E-state index in [1.54, 1.807) is 6.07 Å². The SMILES string of the molecule is Cc1cc(F)ccc1-c1nc(=S)c(Br)c(C)[nH]1. The van der Waals surface area contributed by atoms with Crippen LogP contribution in [0, 0.1) is 24.3 Å². The molecule has 0 radical (unpaired) electrons. The Morgan fingerprint density at radius 1 is 1.35 bits per heavy atom. The van der Waals surface area contributed by atoms with Gasteiger partial charge in [-0.05, 0) is 53.5 Å². The van der Waals surface area contributed by atoms with Gasteiger partial charge < -0.3 is 4.98 Å². The van der Waals surface area contributed by atoms with Gasteiger partial charge in [-0.3, -0.25) is 0 Å². The number of nitrogens with zero attached hydrogens (tertiary/aromatic N) is 1. The molecule has 0 aliphatic heterocycles. The van der Waals surface area contributed by atoms with Crippen LogP contribution in [0.2, 0.25) is 0 Å². The van der Waals surface area contributed by atoms with Gasteiger partial charge >= 0.3 is 0 Å². The van der Waals surface area contributed by atoms with E-state index in [1.165, 1.54) is 12.1 Å². The second kappa shape index (κ2) is 4.66. The maximum Gasteiger partial charge on any atom is 0.144 e. The molecule has 2 nitrogen and oxygen atoms in total. The number of benzene rings is 1. The first-order valence-corrected chi connectivity index (χ1v) is 6.22. The lowest BCUT2D eigenvalue weighted by atomic mass is 10.1. The van der Waals surface area contributed by atoms with E-state index in [4.69, 9.17) is 12.2 Å². The molecular formula is C12H10BrFN2S. The Labute approximate surface area is 112 Å². The smallest absolute Gasteiger partial charge is 0.144 e. The van der Waals surface area contributed by atoms with Crippen molar-refractivity contribution in [1.29, 1.82) is 0 Å². The van der Waals surface area contributed by atoms with Crippen molar-refractivity contribution in [2.24, 2.45) is 0 Å². The van der Waals surface area contributed by atoms with Crippen LogP contribution in [-0.4, -0.2) is 9.97 Å². The molecule has 17 heavy (non-hydrogen) atoms. The molecule has 1 aromatic carbocycles. The monoisotopic (exact) mass is 312 g/mol. The molecule has 0 saturated carbocycles. The number of nitrogens with one attached hydrogen (secondary N) is 1. The molecule has 0 fully saturated rings. The highest BCUT2D eigenvalue weighted by Gasteiger charge is 2.08. The van der Waals surface area contributed by atoms with Gasteiger partial charge in [0.15, 0.2) is 0 Å². The lowest BCUT2D eigenvalue weighted by Gasteiger charge is -2.07. The minimum Gasteiger partial charge on any atom is -0.342 e. The summed E-state index contributed by atoms with van der Waals surface area (Å²) in [5.74, 6) is 0.409. The summed E-state index contributed by atoms with van der Waals surface area (Å²) in [4.78, 5) is 7.43. The minimum absolute atomic E-state index is 0.251. The quantitative estimate of drug-likeness (QED) is 0.794. The van der Waals surface area contributed by atoms with E-state index in [1.807, 2.05) is 13.8 Å². The lowest BCUT2D eigenvalue weighted by molar-refractivity contribution is 0.627. The van der Waals surface area contributed by atoms with E-state index in [-0.39, 0.29) is 5.82 Å². The summed E-state index contributed by atoms with van der Waals surface area (Å²) < 4.78 is 14.3. The Morgan fingerprint density at radius 2 is 2.06 bits per heavy atom. The van der Waals surface area contributed by atoms with Crippen molar-refractivity contribution in [3.05, 3.63) is 44.4 Å². The summed E-state index contributed by atoms with van der Waals surface area (Å²) in [5, 5.41) is 0. The molecule has 0 amide bonds. The summed E-state index contributed by atoms with van der Waals surface area (Å²) in [6.07, 6.45) is 0. The molecule has 0 unspecified atom stereocenters. The van der Waals surface area contributed by atoms with Crippen LogP contribution in [0.15, 0.2) is 22.7 Å². The van der Waals surface area contributed by atoms with Crippen molar-refractivity contribution in [2.45, 2.75) is 13.8 Å². The summed E-state index contributed by atoms with van der Waals surface area (Å²) >= 11 is 8.50. The van der Waals surface area contributed by atoms with Crippen LogP contribution >= 0.6 is 28.1 Å². The van der Waals surface area contributed by atoms with Crippen molar-refractivity contribution in [3.8, 4) is 11.4 Å². The normalized spacial score (nSPS) is 10.6. The summed E-state index contributed by atoms with van der Waals surface area (Å²) in [6.45, 7) is 3.75. The molecule has 88 valence electrons. The highest BCUT2D eigenvalue weighted by atomic mass is 79.9. The lowest BCUT2D eigenvalue weighted by Crippen LogP contribution is -1.96. The van der Waals surface area contributed by atoms with Gasteiger partial charge in [0.05, 0.1) is 4.47 Å². The Balaban J connectivity index is 2.65. The number of rotatable bonds is 1. The number of aryl methyl sites for hydroxylation is 2. The molecule has 0 atom stereocenters. The molecular weight excluding hydrogens is 303 g/mol. The first-order chi connectivity index (χ1) is 7.99. The molecule has 5 heteroatoms. The van der Waals surface area contributed by atoms with Crippen molar-refractivity contribution in [2.75, 3.05) is 0 Å². The standard InChI is InChI=1S/C12H10BrFN2S/c1-6-5-8(14)3-4-9(6)11-15-7(2)10(13)12(17)16-11/h3-5H,1-2H3,(H,15,16,17). The van der Waals surface area contributed by atoms with Gasteiger partial charge in [0.2, 0.25) is 0 Å². The van der Waals surface area contributed by atoms with Crippen LogP contribution in [0.5, 0.6) is 0 Å². The first kappa shape index (κ1) is 12.4. The number of hydrogen-bond acceptors (Lipinski definition) is 2. The van der Waals surface area contributed by atoms with Gasteiger partial charge in [-0.1, -0.05) is 12.2 Å². The number of hydrogen-bond donors (Lipinski definition) is 1. The molecule has 1 aromatic heterocycles. The van der Waals surface area contributed by atoms with E-state index in [9.17, 15) is 4.39 Å². The molecule has 0 bridgehead atoms. The minimum atomic E-state index is -0.251. The zero-order valence-corrected chi connectivity index (χ0v) is 11.7. The second-order valence-electron chi connectivity index (χ2n) is 3.79. The van der Waals surface area contributed by atoms with Gasteiger partial charge in [0, 0.05) is 11.3 Å². The highest BCUT2D eigenvalue weighted by molar-refractivity contribution is 9.10. The summed E-state index contributed by atoms with van der Waals surface area (Å²) in [6, 6.07) is 4.59. The molecule has 0 aliphatic rings. The van der Waals surface area contributed by atoms with Crippen LogP contribution in [-0.2, 0) is 0 Å². The van der Waals surface area contributed by atoms with Gasteiger partial charge in [-0.2, -0.15) is 0 Å². The molecule has 2 aromatic rings. The topological polar surface area (TPSA) is 28.7 Å². The van der Waals surface area contributed by atoms with E-state index in [0.717, 1.165) is 21.3 Å². The van der Waals surface area contributed by atoms with E-state index < -0.39 is 0 Å². The van der Waals surface area contributed by atoms with Gasteiger partial charge in [0.1, 0.15) is 16.3 Å². The predicted molar refractivity (Wildman–Crippen MR) is 72.0 cm³/mol. The molecule has 0 spiro atoms.